The molecule has 0 fully saturated rings. The lowest BCUT2D eigenvalue weighted by Crippen LogP contribution is -2.07. The summed E-state index contributed by atoms with van der Waals surface area (Å²) in [5.41, 5.74) is -0.386. The van der Waals surface area contributed by atoms with Crippen LogP contribution in [0.1, 0.15) is 5.56 Å². The average Bonchev–Trinajstić information content (AvgIpc) is 2.80. The predicted octanol–water partition coefficient (Wildman–Crippen LogP) is 4.07. The minimum absolute atomic E-state index is 0.0141. The summed E-state index contributed by atoms with van der Waals surface area (Å²) >= 11 is 5.81. The molecule has 7 heteroatoms. The highest BCUT2D eigenvalue weighted by molar-refractivity contribution is 6.30. The Kier molecular flexibility index (Phi) is 2.90. The third-order valence-corrected chi connectivity index (χ3v) is 2.99. The SMILES string of the molecule is FC(F)(F)c1ccccc1-c1nc2ccc(Cl)cn2n1. The summed E-state index contributed by atoms with van der Waals surface area (Å²) in [4.78, 5) is 4.09. The van der Waals surface area contributed by atoms with E-state index in [0.717, 1.165) is 6.07 Å². The quantitative estimate of drug-likeness (QED) is 0.678. The molecule has 0 bridgehead atoms. The summed E-state index contributed by atoms with van der Waals surface area (Å²) in [6.07, 6.45) is -2.96. The first-order valence-electron chi connectivity index (χ1n) is 5.64. The number of nitrogens with zero attached hydrogens (tertiary/aromatic N) is 3. The second-order valence-electron chi connectivity index (χ2n) is 4.13. The van der Waals surface area contributed by atoms with Crippen molar-refractivity contribution in [3.63, 3.8) is 0 Å². The van der Waals surface area contributed by atoms with Crippen LogP contribution in [0.2, 0.25) is 5.02 Å². The van der Waals surface area contributed by atoms with Crippen molar-refractivity contribution >= 4 is 17.2 Å². The molecule has 0 aliphatic rings. The van der Waals surface area contributed by atoms with Crippen molar-refractivity contribution in [1.29, 1.82) is 0 Å². The maximum atomic E-state index is 13.0. The zero-order chi connectivity index (χ0) is 14.3. The number of aromatic nitrogens is 3. The topological polar surface area (TPSA) is 30.2 Å². The van der Waals surface area contributed by atoms with Crippen LogP contribution in [0.3, 0.4) is 0 Å². The molecule has 3 aromatic rings. The van der Waals surface area contributed by atoms with Crippen LogP contribution in [0.4, 0.5) is 13.2 Å². The molecule has 0 N–H and O–H groups in total. The minimum atomic E-state index is -4.45. The van der Waals surface area contributed by atoms with E-state index in [0.29, 0.717) is 10.7 Å². The Balaban J connectivity index is 2.21. The first-order valence-corrected chi connectivity index (χ1v) is 6.01. The van der Waals surface area contributed by atoms with E-state index in [9.17, 15) is 13.2 Å². The zero-order valence-electron chi connectivity index (χ0n) is 9.89. The molecule has 3 nitrogen and oxygen atoms in total. The van der Waals surface area contributed by atoms with Crippen LogP contribution < -0.4 is 0 Å². The van der Waals surface area contributed by atoms with Gasteiger partial charge < -0.3 is 0 Å². The number of pyridine rings is 1. The van der Waals surface area contributed by atoms with E-state index in [2.05, 4.69) is 10.1 Å². The van der Waals surface area contributed by atoms with Gasteiger partial charge in [0.05, 0.1) is 10.6 Å². The average molecular weight is 298 g/mol. The van der Waals surface area contributed by atoms with Gasteiger partial charge in [0.25, 0.3) is 0 Å². The van der Waals surface area contributed by atoms with E-state index >= 15 is 0 Å². The molecule has 0 amide bonds. The molecule has 3 rings (SSSR count). The second kappa shape index (κ2) is 4.49. The van der Waals surface area contributed by atoms with Crippen molar-refractivity contribution in [1.82, 2.24) is 14.6 Å². The fourth-order valence-corrected chi connectivity index (χ4v) is 2.05. The molecular weight excluding hydrogens is 291 g/mol. The van der Waals surface area contributed by atoms with Crippen molar-refractivity contribution in [2.75, 3.05) is 0 Å². The summed E-state index contributed by atoms with van der Waals surface area (Å²) < 4.78 is 40.3. The fourth-order valence-electron chi connectivity index (χ4n) is 1.90. The van der Waals surface area contributed by atoms with Gasteiger partial charge in [-0.05, 0) is 18.2 Å². The summed E-state index contributed by atoms with van der Waals surface area (Å²) in [6.45, 7) is 0. The molecule has 0 unspecified atom stereocenters. The fraction of sp³-hybridized carbons (Fsp3) is 0.0769. The normalized spacial score (nSPS) is 12.0. The van der Waals surface area contributed by atoms with Gasteiger partial charge in [-0.15, -0.1) is 5.10 Å². The molecule has 102 valence electrons. The maximum absolute atomic E-state index is 13.0. The van der Waals surface area contributed by atoms with Crippen molar-refractivity contribution < 1.29 is 13.2 Å². The standard InChI is InChI=1S/C13H7ClF3N3/c14-8-5-6-11-18-12(19-20(11)7-8)9-3-1-2-4-10(9)13(15,16)17/h1-7H. The third-order valence-electron chi connectivity index (χ3n) is 2.77. The summed E-state index contributed by atoms with van der Waals surface area (Å²) in [5, 5.41) is 4.47. The van der Waals surface area contributed by atoms with E-state index in [-0.39, 0.29) is 11.4 Å². The number of halogens is 4. The molecule has 0 spiro atoms. The molecule has 2 aromatic heterocycles. The molecule has 0 saturated heterocycles. The van der Waals surface area contributed by atoms with E-state index in [1.807, 2.05) is 0 Å². The highest BCUT2D eigenvalue weighted by Gasteiger charge is 2.34. The van der Waals surface area contributed by atoms with Crippen LogP contribution in [0.25, 0.3) is 17.0 Å². The van der Waals surface area contributed by atoms with Gasteiger partial charge in [-0.25, -0.2) is 9.50 Å². The van der Waals surface area contributed by atoms with Gasteiger partial charge >= 0.3 is 6.18 Å². The van der Waals surface area contributed by atoms with Crippen LogP contribution >= 0.6 is 11.6 Å². The Bertz CT molecular complexity index is 780. The second-order valence-corrected chi connectivity index (χ2v) is 4.57. The molecule has 0 atom stereocenters. The molecule has 20 heavy (non-hydrogen) atoms. The Hall–Kier alpha value is -2.08. The first-order chi connectivity index (χ1) is 9.45. The molecule has 2 heterocycles. The van der Waals surface area contributed by atoms with E-state index in [1.165, 1.54) is 28.9 Å². The number of hydrogen-bond acceptors (Lipinski definition) is 2. The Morgan fingerprint density at radius 3 is 2.55 bits per heavy atom. The number of hydrogen-bond donors (Lipinski definition) is 0. The van der Waals surface area contributed by atoms with Gasteiger partial charge in [0.2, 0.25) is 0 Å². The molecule has 1 aromatic carbocycles. The van der Waals surface area contributed by atoms with Crippen molar-refractivity contribution in [2.45, 2.75) is 6.18 Å². The van der Waals surface area contributed by atoms with Gasteiger partial charge in [-0.2, -0.15) is 13.2 Å². The van der Waals surface area contributed by atoms with Crippen LogP contribution in [-0.4, -0.2) is 14.6 Å². The maximum Gasteiger partial charge on any atom is 0.417 e. The third kappa shape index (κ3) is 2.22. The zero-order valence-corrected chi connectivity index (χ0v) is 10.7. The summed E-state index contributed by atoms with van der Waals surface area (Å²) in [6, 6.07) is 8.40. The van der Waals surface area contributed by atoms with Gasteiger partial charge in [0, 0.05) is 11.8 Å². The van der Waals surface area contributed by atoms with Crippen molar-refractivity contribution in [3.05, 3.63) is 53.2 Å². The lowest BCUT2D eigenvalue weighted by Gasteiger charge is -2.09. The van der Waals surface area contributed by atoms with Crippen molar-refractivity contribution in [3.8, 4) is 11.4 Å². The molecular formula is C13H7ClF3N3. The number of fused-ring (bicyclic) bond motifs is 1. The largest absolute Gasteiger partial charge is 0.417 e. The lowest BCUT2D eigenvalue weighted by molar-refractivity contribution is -0.137. The van der Waals surface area contributed by atoms with Gasteiger partial charge in [-0.3, -0.25) is 0 Å². The van der Waals surface area contributed by atoms with Crippen molar-refractivity contribution in [2.24, 2.45) is 0 Å². The Morgan fingerprint density at radius 1 is 1.05 bits per heavy atom. The van der Waals surface area contributed by atoms with E-state index < -0.39 is 11.7 Å². The predicted molar refractivity (Wildman–Crippen MR) is 68.4 cm³/mol. The lowest BCUT2D eigenvalue weighted by atomic mass is 10.1. The molecule has 0 saturated carbocycles. The van der Waals surface area contributed by atoms with Gasteiger partial charge in [0.1, 0.15) is 0 Å². The van der Waals surface area contributed by atoms with E-state index in [1.54, 1.807) is 12.1 Å². The first kappa shape index (κ1) is 12.9. The molecule has 0 radical (unpaired) electrons. The molecule has 0 aliphatic heterocycles. The number of benzene rings is 1. The van der Waals surface area contributed by atoms with Gasteiger partial charge in [-0.1, -0.05) is 29.8 Å². The summed E-state index contributed by atoms with van der Waals surface area (Å²) in [5.74, 6) is 0.0141. The highest BCUT2D eigenvalue weighted by Crippen LogP contribution is 2.35. The highest BCUT2D eigenvalue weighted by atomic mass is 35.5. The Labute approximate surface area is 116 Å². The van der Waals surface area contributed by atoms with Crippen LogP contribution in [0.5, 0.6) is 0 Å². The number of alkyl halides is 3. The smallest absolute Gasteiger partial charge is 0.219 e. The van der Waals surface area contributed by atoms with E-state index in [4.69, 9.17) is 11.6 Å². The molecule has 0 aliphatic carbocycles. The van der Waals surface area contributed by atoms with Gasteiger partial charge in [0.15, 0.2) is 11.5 Å². The summed E-state index contributed by atoms with van der Waals surface area (Å²) in [7, 11) is 0. The van der Waals surface area contributed by atoms with Crippen LogP contribution in [-0.2, 0) is 6.18 Å². The van der Waals surface area contributed by atoms with Crippen LogP contribution in [0, 0.1) is 0 Å². The minimum Gasteiger partial charge on any atom is -0.219 e. The monoisotopic (exact) mass is 297 g/mol. The number of rotatable bonds is 1. The van der Waals surface area contributed by atoms with Crippen LogP contribution in [0.15, 0.2) is 42.6 Å². The Morgan fingerprint density at radius 2 is 1.80 bits per heavy atom.